The molecule has 0 saturated carbocycles. The molecule has 3 aliphatic rings. The second kappa shape index (κ2) is 5.84. The van der Waals surface area contributed by atoms with Crippen LogP contribution in [0.4, 0.5) is 4.79 Å². The molecular weight excluding hydrogens is 310 g/mol. The van der Waals surface area contributed by atoms with E-state index in [4.69, 9.17) is 14.2 Å². The molecule has 0 aliphatic carbocycles. The van der Waals surface area contributed by atoms with Crippen molar-refractivity contribution in [2.45, 2.75) is 38.2 Å². The summed E-state index contributed by atoms with van der Waals surface area (Å²) < 4.78 is 16.7. The summed E-state index contributed by atoms with van der Waals surface area (Å²) >= 11 is 0. The van der Waals surface area contributed by atoms with Crippen LogP contribution in [0.2, 0.25) is 0 Å². The highest BCUT2D eigenvalue weighted by Gasteiger charge is 2.50. The van der Waals surface area contributed by atoms with Crippen LogP contribution in [0.3, 0.4) is 0 Å². The zero-order valence-corrected chi connectivity index (χ0v) is 14.0. The standard InChI is InChI=1S/C18H23NO5/c1-2-3-6-24-17(20)19-10-18(21,11-19)15-13-5-8-22-14(13)9-12-4-7-23-16(12)15/h9,21H,2-8,10-11H2,1H3. The summed E-state index contributed by atoms with van der Waals surface area (Å²) in [7, 11) is 0. The summed E-state index contributed by atoms with van der Waals surface area (Å²) in [5.74, 6) is 1.65. The van der Waals surface area contributed by atoms with E-state index in [0.29, 0.717) is 19.8 Å². The lowest BCUT2D eigenvalue weighted by Gasteiger charge is -2.46. The first-order valence-corrected chi connectivity index (χ1v) is 8.71. The monoisotopic (exact) mass is 333 g/mol. The average molecular weight is 333 g/mol. The summed E-state index contributed by atoms with van der Waals surface area (Å²) in [6.45, 7) is 4.22. The van der Waals surface area contributed by atoms with Gasteiger partial charge in [0, 0.05) is 29.5 Å². The van der Waals surface area contributed by atoms with E-state index in [9.17, 15) is 9.90 Å². The van der Waals surface area contributed by atoms with Gasteiger partial charge in [0.15, 0.2) is 0 Å². The van der Waals surface area contributed by atoms with Gasteiger partial charge in [-0.15, -0.1) is 0 Å². The summed E-state index contributed by atoms with van der Waals surface area (Å²) in [5, 5.41) is 11.1. The molecule has 0 atom stereocenters. The van der Waals surface area contributed by atoms with Crippen LogP contribution in [0.25, 0.3) is 0 Å². The molecule has 0 unspecified atom stereocenters. The number of β-amino-alcohol motifs (C(OH)–C–C–N with tert-alkyl or cyclic N) is 1. The fraction of sp³-hybridized carbons (Fsp3) is 0.611. The van der Waals surface area contributed by atoms with Gasteiger partial charge in [0.05, 0.1) is 32.9 Å². The number of nitrogens with zero attached hydrogens (tertiary/aromatic N) is 1. The number of rotatable bonds is 4. The highest BCUT2D eigenvalue weighted by Crippen LogP contribution is 2.48. The Morgan fingerprint density at radius 3 is 2.92 bits per heavy atom. The number of hydrogen-bond donors (Lipinski definition) is 1. The van der Waals surface area contributed by atoms with E-state index in [-0.39, 0.29) is 19.2 Å². The number of carbonyl (C=O) groups is 1. The van der Waals surface area contributed by atoms with Gasteiger partial charge >= 0.3 is 6.09 Å². The van der Waals surface area contributed by atoms with Gasteiger partial charge in [0.2, 0.25) is 0 Å². The van der Waals surface area contributed by atoms with Crippen molar-refractivity contribution in [2.24, 2.45) is 0 Å². The molecule has 3 aliphatic heterocycles. The summed E-state index contributed by atoms with van der Waals surface area (Å²) in [6.07, 6.45) is 3.09. The third-order valence-corrected chi connectivity index (χ3v) is 5.00. The number of ether oxygens (including phenoxy) is 3. The van der Waals surface area contributed by atoms with Crippen LogP contribution in [-0.4, -0.2) is 49.0 Å². The smallest absolute Gasteiger partial charge is 0.409 e. The molecule has 6 nitrogen and oxygen atoms in total. The van der Waals surface area contributed by atoms with Crippen molar-refractivity contribution in [2.75, 3.05) is 32.9 Å². The van der Waals surface area contributed by atoms with Crippen molar-refractivity contribution in [1.29, 1.82) is 0 Å². The summed E-state index contributed by atoms with van der Waals surface area (Å²) in [4.78, 5) is 13.6. The zero-order chi connectivity index (χ0) is 16.7. The largest absolute Gasteiger partial charge is 0.493 e. The Hall–Kier alpha value is -1.95. The van der Waals surface area contributed by atoms with Gasteiger partial charge in [0.25, 0.3) is 0 Å². The van der Waals surface area contributed by atoms with Gasteiger partial charge in [-0.25, -0.2) is 4.79 Å². The van der Waals surface area contributed by atoms with Gasteiger partial charge < -0.3 is 24.2 Å². The molecular formula is C18H23NO5. The normalized spacial score (nSPS) is 19.8. The summed E-state index contributed by atoms with van der Waals surface area (Å²) in [6, 6.07) is 2.03. The molecule has 6 heteroatoms. The minimum atomic E-state index is -1.07. The number of carbonyl (C=O) groups excluding carboxylic acids is 1. The lowest BCUT2D eigenvalue weighted by molar-refractivity contribution is -0.0956. The fourth-order valence-corrected chi connectivity index (χ4v) is 3.75. The highest BCUT2D eigenvalue weighted by molar-refractivity contribution is 5.70. The third-order valence-electron chi connectivity index (χ3n) is 5.00. The van der Waals surface area contributed by atoms with E-state index in [0.717, 1.165) is 53.9 Å². The van der Waals surface area contributed by atoms with Crippen LogP contribution in [0.5, 0.6) is 11.5 Å². The van der Waals surface area contributed by atoms with Crippen molar-refractivity contribution >= 4 is 6.09 Å². The molecule has 1 amide bonds. The first-order valence-electron chi connectivity index (χ1n) is 8.71. The van der Waals surface area contributed by atoms with E-state index in [2.05, 4.69) is 6.92 Å². The summed E-state index contributed by atoms with van der Waals surface area (Å²) in [5.41, 5.74) is 1.86. The maximum Gasteiger partial charge on any atom is 0.409 e. The van der Waals surface area contributed by atoms with Gasteiger partial charge in [-0.1, -0.05) is 13.3 Å². The van der Waals surface area contributed by atoms with Crippen molar-refractivity contribution in [3.05, 3.63) is 22.8 Å². The topological polar surface area (TPSA) is 68.2 Å². The van der Waals surface area contributed by atoms with Crippen LogP contribution in [0.15, 0.2) is 6.07 Å². The Balaban J connectivity index is 1.54. The number of likely N-dealkylation sites (tertiary alicyclic amines) is 1. The molecule has 1 aromatic rings. The van der Waals surface area contributed by atoms with Gasteiger partial charge in [0.1, 0.15) is 17.1 Å². The first kappa shape index (κ1) is 15.6. The quantitative estimate of drug-likeness (QED) is 0.854. The minimum absolute atomic E-state index is 0.240. The molecule has 0 spiro atoms. The SMILES string of the molecule is CCCCOC(=O)N1CC(O)(c2c3c(cc4c2OCC4)OCC3)C1. The number of amides is 1. The van der Waals surface area contributed by atoms with Crippen molar-refractivity contribution in [3.8, 4) is 11.5 Å². The van der Waals surface area contributed by atoms with E-state index in [1.165, 1.54) is 0 Å². The molecule has 130 valence electrons. The maximum absolute atomic E-state index is 12.0. The third kappa shape index (κ3) is 2.40. The molecule has 0 aromatic heterocycles. The Bertz CT molecular complexity index is 634. The van der Waals surface area contributed by atoms with Crippen molar-refractivity contribution in [1.82, 2.24) is 4.90 Å². The Kier molecular flexibility index (Phi) is 3.79. The Morgan fingerprint density at radius 1 is 1.33 bits per heavy atom. The molecule has 0 bridgehead atoms. The molecule has 1 aromatic carbocycles. The molecule has 1 N–H and O–H groups in total. The molecule has 24 heavy (non-hydrogen) atoms. The van der Waals surface area contributed by atoms with Gasteiger partial charge in [-0.3, -0.25) is 0 Å². The Morgan fingerprint density at radius 2 is 2.12 bits per heavy atom. The maximum atomic E-state index is 12.0. The van der Waals surface area contributed by atoms with Crippen LogP contribution in [0, 0.1) is 0 Å². The lowest BCUT2D eigenvalue weighted by Crippen LogP contribution is -2.61. The Labute approximate surface area is 141 Å². The lowest BCUT2D eigenvalue weighted by atomic mass is 9.81. The zero-order valence-electron chi connectivity index (χ0n) is 14.0. The van der Waals surface area contributed by atoms with Gasteiger partial charge in [-0.05, 0) is 12.5 Å². The van der Waals surface area contributed by atoms with Crippen LogP contribution in [-0.2, 0) is 23.2 Å². The molecule has 0 radical (unpaired) electrons. The second-order valence-electron chi connectivity index (χ2n) is 6.77. The highest BCUT2D eigenvalue weighted by atomic mass is 16.6. The predicted molar refractivity (Wildman–Crippen MR) is 86.6 cm³/mol. The number of benzene rings is 1. The van der Waals surface area contributed by atoms with Crippen LogP contribution in [0.1, 0.15) is 36.5 Å². The fourth-order valence-electron chi connectivity index (χ4n) is 3.75. The number of hydrogen-bond acceptors (Lipinski definition) is 5. The molecule has 1 fully saturated rings. The van der Waals surface area contributed by atoms with Crippen molar-refractivity contribution in [3.63, 3.8) is 0 Å². The predicted octanol–water partition coefficient (Wildman–Crippen LogP) is 2.00. The average Bonchev–Trinajstić information content (AvgIpc) is 3.17. The number of fused-ring (bicyclic) bond motifs is 2. The van der Waals surface area contributed by atoms with E-state index in [1.807, 2.05) is 6.07 Å². The molecule has 3 heterocycles. The number of aliphatic hydroxyl groups is 1. The van der Waals surface area contributed by atoms with Crippen molar-refractivity contribution < 1.29 is 24.1 Å². The number of unbranched alkanes of at least 4 members (excludes halogenated alkanes) is 1. The van der Waals surface area contributed by atoms with Crippen LogP contribution < -0.4 is 9.47 Å². The molecule has 1 saturated heterocycles. The first-order chi connectivity index (χ1) is 11.6. The molecule has 4 rings (SSSR count). The van der Waals surface area contributed by atoms with E-state index < -0.39 is 5.60 Å². The van der Waals surface area contributed by atoms with Gasteiger partial charge in [-0.2, -0.15) is 0 Å². The van der Waals surface area contributed by atoms with E-state index in [1.54, 1.807) is 4.90 Å². The van der Waals surface area contributed by atoms with Crippen LogP contribution >= 0.6 is 0 Å². The second-order valence-corrected chi connectivity index (χ2v) is 6.77. The van der Waals surface area contributed by atoms with E-state index >= 15 is 0 Å². The minimum Gasteiger partial charge on any atom is -0.493 e.